The highest BCUT2D eigenvalue weighted by Gasteiger charge is 2.72. The van der Waals surface area contributed by atoms with Gasteiger partial charge in [-0.25, -0.2) is 9.59 Å². The minimum atomic E-state index is -1.52. The number of hydrogen-bond donors (Lipinski definition) is 0. The highest BCUT2D eigenvalue weighted by molar-refractivity contribution is 6.06. The van der Waals surface area contributed by atoms with E-state index in [9.17, 15) is 9.59 Å². The summed E-state index contributed by atoms with van der Waals surface area (Å²) in [7, 11) is 2.58. The topological polar surface area (TPSA) is 128 Å². The molecule has 0 saturated carbocycles. The molecule has 8 rings (SSSR count). The Balaban J connectivity index is 1.36. The smallest absolute Gasteiger partial charge is 0.337 e. The Bertz CT molecular complexity index is 2360. The maximum atomic E-state index is 14.1. The molecule has 5 aromatic rings. The number of ether oxygens (including phenoxy) is 3. The van der Waals surface area contributed by atoms with Gasteiger partial charge in [-0.2, -0.15) is 0 Å². The van der Waals surface area contributed by atoms with Crippen LogP contribution in [-0.4, -0.2) is 37.4 Å². The van der Waals surface area contributed by atoms with Gasteiger partial charge in [-0.3, -0.25) is 0 Å². The van der Waals surface area contributed by atoms with Gasteiger partial charge >= 0.3 is 11.9 Å². The fourth-order valence-electron chi connectivity index (χ4n) is 9.11. The molecular weight excluding hydrogens is 737 g/mol. The summed E-state index contributed by atoms with van der Waals surface area (Å²) in [5.74, 6) is 5.23. The Hall–Kier alpha value is -5.22. The van der Waals surface area contributed by atoms with Crippen LogP contribution in [0.1, 0.15) is 141 Å². The zero-order valence-corrected chi connectivity index (χ0v) is 36.0. The molecule has 0 N–H and O–H groups in total. The van der Waals surface area contributed by atoms with Crippen LogP contribution in [0.3, 0.4) is 0 Å². The van der Waals surface area contributed by atoms with Gasteiger partial charge in [-0.15, -0.1) is 0 Å². The van der Waals surface area contributed by atoms with Gasteiger partial charge in [-0.1, -0.05) is 0 Å². The van der Waals surface area contributed by atoms with E-state index in [1.807, 2.05) is 128 Å². The fourth-order valence-corrected chi connectivity index (χ4v) is 9.11. The Morgan fingerprint density at radius 3 is 0.810 bits per heavy atom. The summed E-state index contributed by atoms with van der Waals surface area (Å²) >= 11 is 0. The SMILES string of the molecule is COC(=O)C1=C(C(=O)OC)[C@@]23C=C[C@@]1(O2)C(C)(C)c1ccc(o1)C(C)(C)c1ccc(o1)C(C)(C)c1ccc(o1)C(C)(C)c1ccc(o1)C(C)(C)c1ccc(o1)C3(C)C. The van der Waals surface area contributed by atoms with Crippen molar-refractivity contribution in [3.63, 3.8) is 0 Å². The van der Waals surface area contributed by atoms with Crippen LogP contribution in [0.5, 0.6) is 0 Å². The highest BCUT2D eigenvalue weighted by Crippen LogP contribution is 2.64. The van der Waals surface area contributed by atoms with Crippen molar-refractivity contribution in [3.05, 3.63) is 142 Å². The first-order valence-electron chi connectivity index (χ1n) is 19.8. The van der Waals surface area contributed by atoms with Gasteiger partial charge in [0.1, 0.15) is 68.8 Å². The first-order valence-corrected chi connectivity index (χ1v) is 19.8. The summed E-state index contributed by atoms with van der Waals surface area (Å²) in [6, 6.07) is 19.5. The number of esters is 2. The predicted octanol–water partition coefficient (Wildman–Crippen LogP) is 10.2. The van der Waals surface area contributed by atoms with Gasteiger partial charge in [0, 0.05) is 0 Å². The standard InChI is InChI=1S/C48H54O10/c1-41(2)27-15-16-28(53-27)42(3,4)30-18-20-32(55-30)44(7,8)34-22-24-36(57-34)46(11,12)48-26-25-47(58-48,37(39(49)51-13)38(48)40(50)52-14)45(9,10)35-23-21-33(56-35)43(5,6)31-19-17-29(41)54-31/h15-26H,1-14H3/t47-,48+. The average molecular weight is 791 g/mol. The van der Waals surface area contributed by atoms with Gasteiger partial charge < -0.3 is 36.3 Å². The first-order chi connectivity index (χ1) is 26.9. The Labute approximate surface area is 339 Å². The summed E-state index contributed by atoms with van der Waals surface area (Å²) < 4.78 is 51.7. The lowest BCUT2D eigenvalue weighted by Crippen LogP contribution is -2.52. The van der Waals surface area contributed by atoms with Crippen molar-refractivity contribution in [3.8, 4) is 0 Å². The molecular formula is C48H54O10. The van der Waals surface area contributed by atoms with E-state index in [0.717, 1.165) is 23.0 Å². The summed E-state index contributed by atoms with van der Waals surface area (Å²) in [4.78, 5) is 28.2. The second-order valence-corrected chi connectivity index (χ2v) is 19.2. The number of carbonyl (C=O) groups excluding carboxylic acids is 2. The molecule has 306 valence electrons. The molecule has 58 heavy (non-hydrogen) atoms. The highest BCUT2D eigenvalue weighted by atomic mass is 16.6. The van der Waals surface area contributed by atoms with Gasteiger partial charge in [0.05, 0.1) is 57.9 Å². The molecule has 5 aromatic heterocycles. The molecule has 3 aliphatic rings. The number of hydrogen-bond acceptors (Lipinski definition) is 10. The third kappa shape index (κ3) is 4.99. The third-order valence-corrected chi connectivity index (χ3v) is 13.7. The van der Waals surface area contributed by atoms with E-state index in [2.05, 4.69) is 27.7 Å². The van der Waals surface area contributed by atoms with Crippen LogP contribution in [-0.2, 0) is 56.3 Å². The summed E-state index contributed by atoms with van der Waals surface area (Å²) in [6.07, 6.45) is 3.70. The molecule has 0 spiro atoms. The van der Waals surface area contributed by atoms with Crippen molar-refractivity contribution < 1.29 is 45.9 Å². The largest absolute Gasteiger partial charge is 0.466 e. The summed E-state index contributed by atoms with van der Waals surface area (Å²) in [6.45, 7) is 24.2. The van der Waals surface area contributed by atoms with Gasteiger partial charge in [0.25, 0.3) is 0 Å². The van der Waals surface area contributed by atoms with Crippen LogP contribution < -0.4 is 0 Å². The van der Waals surface area contributed by atoms with Crippen LogP contribution in [0, 0.1) is 0 Å². The van der Waals surface area contributed by atoms with Gasteiger partial charge in [0.15, 0.2) is 0 Å². The number of furan rings is 5. The molecule has 3 aliphatic heterocycles. The normalized spacial score (nSPS) is 25.6. The molecule has 10 nitrogen and oxygen atoms in total. The molecule has 0 aliphatic carbocycles. The third-order valence-electron chi connectivity index (χ3n) is 13.7. The zero-order chi connectivity index (χ0) is 42.2. The van der Waals surface area contributed by atoms with E-state index < -0.39 is 55.6 Å². The van der Waals surface area contributed by atoms with Crippen LogP contribution in [0.25, 0.3) is 0 Å². The second-order valence-electron chi connectivity index (χ2n) is 19.2. The molecule has 0 radical (unpaired) electrons. The van der Waals surface area contributed by atoms with Crippen LogP contribution in [0.15, 0.2) is 106 Å². The monoisotopic (exact) mass is 790 g/mol. The Morgan fingerprint density at radius 1 is 0.379 bits per heavy atom. The molecule has 0 aromatic carbocycles. The van der Waals surface area contributed by atoms with Crippen LogP contribution in [0.4, 0.5) is 0 Å². The van der Waals surface area contributed by atoms with Crippen LogP contribution in [0.2, 0.25) is 0 Å². The number of carbonyl (C=O) groups is 2. The fraction of sp³-hybridized carbons (Fsp3) is 0.458. The lowest BCUT2D eigenvalue weighted by Gasteiger charge is -2.43. The van der Waals surface area contributed by atoms with Crippen molar-refractivity contribution in [1.29, 1.82) is 0 Å². The van der Waals surface area contributed by atoms with Crippen molar-refractivity contribution in [2.45, 2.75) is 127 Å². The molecule has 0 fully saturated rings. The molecule has 10 heteroatoms. The van der Waals surface area contributed by atoms with Crippen molar-refractivity contribution in [1.82, 2.24) is 0 Å². The van der Waals surface area contributed by atoms with E-state index in [1.165, 1.54) is 14.2 Å². The number of rotatable bonds is 2. The average Bonchev–Trinajstić information content (AvgIpc) is 4.02. The molecule has 2 atom stereocenters. The minimum absolute atomic E-state index is 0.0434. The maximum Gasteiger partial charge on any atom is 0.337 e. The molecule has 8 heterocycles. The van der Waals surface area contributed by atoms with E-state index in [4.69, 9.17) is 36.3 Å². The lowest BCUT2D eigenvalue weighted by molar-refractivity contribution is -0.142. The van der Waals surface area contributed by atoms with E-state index in [-0.39, 0.29) is 11.1 Å². The van der Waals surface area contributed by atoms with Crippen molar-refractivity contribution in [2.24, 2.45) is 0 Å². The second kappa shape index (κ2) is 12.2. The Morgan fingerprint density at radius 2 is 0.586 bits per heavy atom. The van der Waals surface area contributed by atoms with E-state index in [0.29, 0.717) is 34.6 Å². The summed E-state index contributed by atoms with van der Waals surface area (Å²) in [5, 5.41) is 0. The van der Waals surface area contributed by atoms with E-state index >= 15 is 0 Å². The molecule has 12 bridgehead atoms. The predicted molar refractivity (Wildman–Crippen MR) is 215 cm³/mol. The summed E-state index contributed by atoms with van der Waals surface area (Å²) in [5.41, 5.74) is -7.83. The molecule has 0 amide bonds. The quantitative estimate of drug-likeness (QED) is 0.126. The molecule has 0 saturated heterocycles. The zero-order valence-electron chi connectivity index (χ0n) is 36.0. The number of fused-ring (bicyclic) bond motifs is 10. The van der Waals surface area contributed by atoms with Crippen LogP contribution >= 0.6 is 0 Å². The maximum absolute atomic E-state index is 14.1. The first kappa shape index (κ1) is 39.6. The van der Waals surface area contributed by atoms with E-state index in [1.54, 1.807) is 0 Å². The van der Waals surface area contributed by atoms with Crippen molar-refractivity contribution >= 4 is 11.9 Å². The van der Waals surface area contributed by atoms with Gasteiger partial charge in [0.2, 0.25) is 0 Å². The van der Waals surface area contributed by atoms with Gasteiger partial charge in [-0.05, 0) is 156 Å². The Kier molecular flexibility index (Phi) is 8.30. The molecule has 0 unspecified atom stereocenters. The minimum Gasteiger partial charge on any atom is -0.466 e. The van der Waals surface area contributed by atoms with Crippen molar-refractivity contribution in [2.75, 3.05) is 14.2 Å². The lowest BCUT2D eigenvalue weighted by atomic mass is 9.63. The number of methoxy groups -OCH3 is 2.